The molecule has 0 unspecified atom stereocenters. The third-order valence-electron chi connectivity index (χ3n) is 6.46. The predicted octanol–water partition coefficient (Wildman–Crippen LogP) is 5.51. The number of nitrogens with one attached hydrogen (secondary N) is 2. The van der Waals surface area contributed by atoms with Crippen molar-refractivity contribution in [2.75, 3.05) is 49.7 Å². The number of rotatable bonds is 13. The molecule has 3 rings (SSSR count). The molecule has 2 aromatic rings. The SMILES string of the molecule is CCCCOc1ccc(C(=O)Nc2ccc(N3CCC(C)CC3)c(C(=O)NCCCOCC)c2)cc1. The maximum Gasteiger partial charge on any atom is 0.255 e. The summed E-state index contributed by atoms with van der Waals surface area (Å²) in [5.41, 5.74) is 2.62. The first-order chi connectivity index (χ1) is 17.5. The summed E-state index contributed by atoms with van der Waals surface area (Å²) in [6.07, 6.45) is 5.03. The molecule has 1 aliphatic heterocycles. The molecule has 1 aliphatic rings. The lowest BCUT2D eigenvalue weighted by Gasteiger charge is -2.33. The van der Waals surface area contributed by atoms with Crippen molar-refractivity contribution >= 4 is 23.2 Å². The van der Waals surface area contributed by atoms with Gasteiger partial charge in [-0.2, -0.15) is 0 Å². The quantitative estimate of drug-likeness (QED) is 0.358. The smallest absolute Gasteiger partial charge is 0.255 e. The fourth-order valence-corrected chi connectivity index (χ4v) is 4.18. The number of unbranched alkanes of at least 4 members (excludes halogenated alkanes) is 1. The standard InChI is InChI=1S/C29H41N3O4/c1-4-6-20-36-25-11-8-23(9-12-25)28(33)31-24-10-13-27(32-17-14-22(3)15-18-32)26(21-24)29(34)30-16-7-19-35-5-2/h8-13,21-22H,4-7,14-20H2,1-3H3,(H,30,34)(H,31,33). The maximum absolute atomic E-state index is 13.2. The minimum absolute atomic E-state index is 0.134. The van der Waals surface area contributed by atoms with Crippen LogP contribution in [0.2, 0.25) is 0 Å². The van der Waals surface area contributed by atoms with Crippen LogP contribution < -0.4 is 20.3 Å². The highest BCUT2D eigenvalue weighted by Crippen LogP contribution is 2.29. The van der Waals surface area contributed by atoms with E-state index in [9.17, 15) is 9.59 Å². The molecule has 0 saturated carbocycles. The number of carbonyl (C=O) groups is 2. The summed E-state index contributed by atoms with van der Waals surface area (Å²) < 4.78 is 11.1. The first-order valence-electron chi connectivity index (χ1n) is 13.3. The fraction of sp³-hybridized carbons (Fsp3) is 0.517. The normalized spacial score (nSPS) is 13.9. The zero-order chi connectivity index (χ0) is 25.8. The Bertz CT molecular complexity index is 969. The number of ether oxygens (including phenoxy) is 2. The van der Waals surface area contributed by atoms with Gasteiger partial charge < -0.3 is 25.0 Å². The van der Waals surface area contributed by atoms with Gasteiger partial charge in [0.05, 0.1) is 12.2 Å². The van der Waals surface area contributed by atoms with Crippen molar-refractivity contribution in [3.63, 3.8) is 0 Å². The first kappa shape index (κ1) is 27.5. The van der Waals surface area contributed by atoms with Gasteiger partial charge in [0, 0.05) is 49.8 Å². The van der Waals surface area contributed by atoms with E-state index in [0.717, 1.165) is 56.6 Å². The Morgan fingerprint density at radius 3 is 2.42 bits per heavy atom. The van der Waals surface area contributed by atoms with Crippen molar-refractivity contribution in [1.82, 2.24) is 5.32 Å². The number of carbonyl (C=O) groups excluding carboxylic acids is 2. The Kier molecular flexibility index (Phi) is 11.1. The van der Waals surface area contributed by atoms with Crippen LogP contribution in [0.5, 0.6) is 5.75 Å². The lowest BCUT2D eigenvalue weighted by molar-refractivity contribution is 0.0943. The third kappa shape index (κ3) is 8.26. The molecule has 0 bridgehead atoms. The average Bonchev–Trinajstić information content (AvgIpc) is 2.89. The van der Waals surface area contributed by atoms with Gasteiger partial charge in [0.15, 0.2) is 0 Å². The molecule has 0 radical (unpaired) electrons. The van der Waals surface area contributed by atoms with Crippen molar-refractivity contribution in [2.45, 2.75) is 52.9 Å². The summed E-state index contributed by atoms with van der Waals surface area (Å²) in [6, 6.07) is 12.7. The van der Waals surface area contributed by atoms with E-state index in [1.165, 1.54) is 0 Å². The zero-order valence-electron chi connectivity index (χ0n) is 22.0. The average molecular weight is 496 g/mol. The second-order valence-electron chi connectivity index (χ2n) is 9.39. The van der Waals surface area contributed by atoms with Crippen LogP contribution in [0, 0.1) is 5.92 Å². The fourth-order valence-electron chi connectivity index (χ4n) is 4.18. The molecule has 7 nitrogen and oxygen atoms in total. The highest BCUT2D eigenvalue weighted by atomic mass is 16.5. The van der Waals surface area contributed by atoms with Crippen molar-refractivity contribution in [2.24, 2.45) is 5.92 Å². The van der Waals surface area contributed by atoms with Gasteiger partial charge in [0.1, 0.15) is 5.75 Å². The van der Waals surface area contributed by atoms with E-state index >= 15 is 0 Å². The number of piperidine rings is 1. The summed E-state index contributed by atoms with van der Waals surface area (Å²) in [5, 5.41) is 5.96. The van der Waals surface area contributed by atoms with E-state index in [1.807, 2.05) is 31.2 Å². The predicted molar refractivity (Wildman–Crippen MR) is 145 cm³/mol. The highest BCUT2D eigenvalue weighted by Gasteiger charge is 2.22. The lowest BCUT2D eigenvalue weighted by atomic mass is 9.97. The number of anilines is 2. The largest absolute Gasteiger partial charge is 0.494 e. The maximum atomic E-state index is 13.2. The summed E-state index contributed by atoms with van der Waals surface area (Å²) in [7, 11) is 0. The van der Waals surface area contributed by atoms with E-state index in [0.29, 0.717) is 49.1 Å². The molecule has 1 saturated heterocycles. The molecule has 2 aromatic carbocycles. The van der Waals surface area contributed by atoms with E-state index in [1.54, 1.807) is 18.2 Å². The Hall–Kier alpha value is -3.06. The lowest BCUT2D eigenvalue weighted by Crippen LogP contribution is -2.35. The van der Waals surface area contributed by atoms with Crippen molar-refractivity contribution < 1.29 is 19.1 Å². The van der Waals surface area contributed by atoms with Gasteiger partial charge in [-0.05, 0) is 81.0 Å². The molecule has 2 N–H and O–H groups in total. The van der Waals surface area contributed by atoms with Gasteiger partial charge in [0.25, 0.3) is 11.8 Å². The van der Waals surface area contributed by atoms with Crippen LogP contribution in [-0.4, -0.2) is 51.3 Å². The summed E-state index contributed by atoms with van der Waals surface area (Å²) in [4.78, 5) is 28.3. The monoisotopic (exact) mass is 495 g/mol. The molecule has 0 spiro atoms. The molecule has 7 heteroatoms. The Morgan fingerprint density at radius 2 is 1.72 bits per heavy atom. The van der Waals surface area contributed by atoms with Gasteiger partial charge >= 0.3 is 0 Å². The van der Waals surface area contributed by atoms with Crippen molar-refractivity contribution in [3.05, 3.63) is 53.6 Å². The molecule has 2 amide bonds. The highest BCUT2D eigenvalue weighted by molar-refractivity contribution is 6.06. The summed E-state index contributed by atoms with van der Waals surface area (Å²) in [5.74, 6) is 1.09. The molecule has 36 heavy (non-hydrogen) atoms. The molecule has 196 valence electrons. The molecule has 0 aliphatic carbocycles. The van der Waals surface area contributed by atoms with Gasteiger partial charge in [-0.1, -0.05) is 20.3 Å². The minimum Gasteiger partial charge on any atom is -0.494 e. The summed E-state index contributed by atoms with van der Waals surface area (Å²) >= 11 is 0. The van der Waals surface area contributed by atoms with E-state index in [-0.39, 0.29) is 11.8 Å². The molecule has 0 aromatic heterocycles. The van der Waals surface area contributed by atoms with Crippen molar-refractivity contribution in [3.8, 4) is 5.75 Å². The van der Waals surface area contributed by atoms with Crippen LogP contribution in [0.3, 0.4) is 0 Å². The van der Waals surface area contributed by atoms with E-state index in [2.05, 4.69) is 29.4 Å². The third-order valence-corrected chi connectivity index (χ3v) is 6.46. The topological polar surface area (TPSA) is 79.9 Å². The second kappa shape index (κ2) is 14.5. The number of nitrogens with zero attached hydrogens (tertiary/aromatic N) is 1. The second-order valence-corrected chi connectivity index (χ2v) is 9.39. The van der Waals surface area contributed by atoms with Crippen LogP contribution in [0.4, 0.5) is 11.4 Å². The van der Waals surface area contributed by atoms with Gasteiger partial charge in [-0.25, -0.2) is 0 Å². The minimum atomic E-state index is -0.224. The Labute approximate surface area is 215 Å². The van der Waals surface area contributed by atoms with E-state index < -0.39 is 0 Å². The number of amides is 2. The molecular formula is C29H41N3O4. The Morgan fingerprint density at radius 1 is 0.972 bits per heavy atom. The van der Waals surface area contributed by atoms with Crippen LogP contribution in [0.25, 0.3) is 0 Å². The number of hydrogen-bond acceptors (Lipinski definition) is 5. The summed E-state index contributed by atoms with van der Waals surface area (Å²) in [6.45, 7) is 10.7. The molecule has 1 fully saturated rings. The number of hydrogen-bond donors (Lipinski definition) is 2. The molecule has 1 heterocycles. The van der Waals surface area contributed by atoms with Crippen LogP contribution in [0.1, 0.15) is 73.6 Å². The number of benzene rings is 2. The zero-order valence-corrected chi connectivity index (χ0v) is 22.0. The molecule has 0 atom stereocenters. The van der Waals surface area contributed by atoms with Gasteiger partial charge in [-0.15, -0.1) is 0 Å². The van der Waals surface area contributed by atoms with Crippen molar-refractivity contribution in [1.29, 1.82) is 0 Å². The Balaban J connectivity index is 1.71. The van der Waals surface area contributed by atoms with Gasteiger partial charge in [0.2, 0.25) is 0 Å². The van der Waals surface area contributed by atoms with E-state index in [4.69, 9.17) is 9.47 Å². The first-order valence-corrected chi connectivity index (χ1v) is 13.3. The van der Waals surface area contributed by atoms with Gasteiger partial charge in [-0.3, -0.25) is 9.59 Å². The van der Waals surface area contributed by atoms with Crippen LogP contribution in [0.15, 0.2) is 42.5 Å². The van der Waals surface area contributed by atoms with Crippen LogP contribution in [-0.2, 0) is 4.74 Å². The molecular weight excluding hydrogens is 454 g/mol. The van der Waals surface area contributed by atoms with Crippen LogP contribution >= 0.6 is 0 Å².